The van der Waals surface area contributed by atoms with Crippen molar-refractivity contribution in [2.24, 2.45) is 0 Å². The summed E-state index contributed by atoms with van der Waals surface area (Å²) in [4.78, 5) is 22.1. The molecule has 0 bridgehead atoms. The van der Waals surface area contributed by atoms with Gasteiger partial charge in [-0.2, -0.15) is 0 Å². The Morgan fingerprint density at radius 3 is 2.45 bits per heavy atom. The predicted molar refractivity (Wildman–Crippen MR) is 102 cm³/mol. The van der Waals surface area contributed by atoms with E-state index in [0.717, 1.165) is 0 Å². The van der Waals surface area contributed by atoms with Gasteiger partial charge in [-0.05, 0) is 35.9 Å². The van der Waals surface area contributed by atoms with E-state index < -0.39 is 26.4 Å². The first-order chi connectivity index (χ1) is 13.8. The van der Waals surface area contributed by atoms with Crippen LogP contribution in [0, 0.1) is 10.1 Å². The molecule has 1 aromatic heterocycles. The number of non-ortho nitro benzene ring substituents is 1. The summed E-state index contributed by atoms with van der Waals surface area (Å²) in [5, 5.41) is 20.2. The van der Waals surface area contributed by atoms with Crippen molar-refractivity contribution in [1.29, 1.82) is 0 Å². The molecule has 3 rings (SSSR count). The molecule has 0 atom stereocenters. The van der Waals surface area contributed by atoms with Crippen molar-refractivity contribution < 1.29 is 22.6 Å². The van der Waals surface area contributed by atoms with Crippen LogP contribution in [0.3, 0.4) is 0 Å². The summed E-state index contributed by atoms with van der Waals surface area (Å²) in [5.74, 6) is -1.26. The highest BCUT2D eigenvalue weighted by molar-refractivity contribution is 7.90. The fourth-order valence-electron chi connectivity index (χ4n) is 2.26. The van der Waals surface area contributed by atoms with Crippen molar-refractivity contribution in [2.45, 2.75) is 10.6 Å². The molecular weight excluding hydrogens is 400 g/mol. The molecule has 29 heavy (non-hydrogen) atoms. The Balaban J connectivity index is 1.61. The van der Waals surface area contributed by atoms with Gasteiger partial charge in [0.1, 0.15) is 5.75 Å². The van der Waals surface area contributed by atoms with Crippen LogP contribution < -0.4 is 5.32 Å². The third kappa shape index (κ3) is 5.32. The maximum absolute atomic E-state index is 12.3. The fraction of sp³-hybridized carbons (Fsp3) is 0.0556. The van der Waals surface area contributed by atoms with Crippen molar-refractivity contribution >= 4 is 33.5 Å². The van der Waals surface area contributed by atoms with E-state index in [1.54, 1.807) is 18.2 Å². The third-order valence-corrected chi connectivity index (χ3v) is 5.26. The number of sulfone groups is 1. The van der Waals surface area contributed by atoms with Gasteiger partial charge in [0.05, 0.1) is 9.82 Å². The Morgan fingerprint density at radius 2 is 1.79 bits per heavy atom. The predicted octanol–water partition coefficient (Wildman–Crippen LogP) is 2.60. The molecule has 0 unspecified atom stereocenters. The molecule has 3 aromatic rings. The van der Waals surface area contributed by atoms with Gasteiger partial charge in [0.25, 0.3) is 11.6 Å². The average molecular weight is 414 g/mol. The van der Waals surface area contributed by atoms with Crippen LogP contribution in [0.15, 0.2) is 70.0 Å². The SMILES string of the molecule is O=C(C=Cc1ccc([N+](=O)[O-])cc1)Nc1nnc(CS(=O)(=O)c2ccccc2)o1. The molecule has 0 spiro atoms. The minimum absolute atomic E-state index is 0.0598. The van der Waals surface area contributed by atoms with Crippen LogP contribution in [0.4, 0.5) is 11.7 Å². The second-order valence-electron chi connectivity index (χ2n) is 5.74. The summed E-state index contributed by atoms with van der Waals surface area (Å²) in [7, 11) is -3.66. The highest BCUT2D eigenvalue weighted by Crippen LogP contribution is 2.17. The Bertz CT molecular complexity index is 1150. The molecule has 0 saturated carbocycles. The molecule has 0 fully saturated rings. The highest BCUT2D eigenvalue weighted by Gasteiger charge is 2.19. The van der Waals surface area contributed by atoms with Crippen LogP contribution in [-0.4, -0.2) is 29.4 Å². The van der Waals surface area contributed by atoms with E-state index >= 15 is 0 Å². The third-order valence-electron chi connectivity index (χ3n) is 3.64. The first-order valence-corrected chi connectivity index (χ1v) is 9.82. The largest absolute Gasteiger partial charge is 0.407 e. The minimum Gasteiger partial charge on any atom is -0.407 e. The lowest BCUT2D eigenvalue weighted by Crippen LogP contribution is -2.08. The number of nitro benzene ring substituents is 1. The summed E-state index contributed by atoms with van der Waals surface area (Å²) in [6.07, 6.45) is 2.61. The molecule has 10 nitrogen and oxygen atoms in total. The van der Waals surface area contributed by atoms with Crippen LogP contribution in [0.2, 0.25) is 0 Å². The number of nitrogens with zero attached hydrogens (tertiary/aromatic N) is 3. The molecule has 1 amide bonds. The molecule has 0 radical (unpaired) electrons. The number of nitro groups is 1. The fourth-order valence-corrected chi connectivity index (χ4v) is 3.44. The highest BCUT2D eigenvalue weighted by atomic mass is 32.2. The van der Waals surface area contributed by atoms with Crippen LogP contribution in [0.25, 0.3) is 6.08 Å². The normalized spacial score (nSPS) is 11.4. The lowest BCUT2D eigenvalue weighted by molar-refractivity contribution is -0.384. The molecule has 0 aliphatic heterocycles. The summed E-state index contributed by atoms with van der Waals surface area (Å²) in [5.41, 5.74) is 0.515. The Morgan fingerprint density at radius 1 is 1.10 bits per heavy atom. The zero-order valence-electron chi connectivity index (χ0n) is 14.8. The maximum atomic E-state index is 12.3. The van der Waals surface area contributed by atoms with Gasteiger partial charge in [-0.3, -0.25) is 20.2 Å². The van der Waals surface area contributed by atoms with Gasteiger partial charge >= 0.3 is 6.01 Å². The molecule has 0 saturated heterocycles. The summed E-state index contributed by atoms with van der Waals surface area (Å²) in [6.45, 7) is 0. The number of rotatable bonds is 7. The number of aromatic nitrogens is 2. The van der Waals surface area contributed by atoms with Gasteiger partial charge in [-0.15, -0.1) is 5.10 Å². The summed E-state index contributed by atoms with van der Waals surface area (Å²) in [6, 6.07) is 13.2. The first kappa shape index (κ1) is 19.9. The standard InChI is InChI=1S/C18H14N4O6S/c23-16(11-8-13-6-9-14(10-7-13)22(24)25)19-18-21-20-17(28-18)12-29(26,27)15-4-2-1-3-5-15/h1-11H,12H2,(H,19,21,23). The number of anilines is 1. The lowest BCUT2D eigenvalue weighted by atomic mass is 10.2. The summed E-state index contributed by atoms with van der Waals surface area (Å²) >= 11 is 0. The van der Waals surface area contributed by atoms with E-state index in [1.165, 1.54) is 48.6 Å². The number of nitrogens with one attached hydrogen (secondary N) is 1. The molecule has 0 aliphatic carbocycles. The second kappa shape index (κ2) is 8.44. The number of amides is 1. The van der Waals surface area contributed by atoms with E-state index in [2.05, 4.69) is 15.5 Å². The van der Waals surface area contributed by atoms with Crippen LogP contribution >= 0.6 is 0 Å². The first-order valence-electron chi connectivity index (χ1n) is 8.17. The van der Waals surface area contributed by atoms with Gasteiger partial charge in [0.2, 0.25) is 5.89 Å². The average Bonchev–Trinajstić information content (AvgIpc) is 3.13. The van der Waals surface area contributed by atoms with Crippen molar-refractivity contribution in [1.82, 2.24) is 10.2 Å². The van der Waals surface area contributed by atoms with Gasteiger partial charge in [0, 0.05) is 18.2 Å². The smallest absolute Gasteiger partial charge is 0.322 e. The van der Waals surface area contributed by atoms with Crippen LogP contribution in [0.1, 0.15) is 11.5 Å². The van der Waals surface area contributed by atoms with E-state index in [9.17, 15) is 23.3 Å². The topological polar surface area (TPSA) is 145 Å². The van der Waals surface area contributed by atoms with E-state index in [0.29, 0.717) is 5.56 Å². The monoisotopic (exact) mass is 414 g/mol. The van der Waals surface area contributed by atoms with Crippen molar-refractivity contribution in [3.63, 3.8) is 0 Å². The zero-order valence-corrected chi connectivity index (χ0v) is 15.6. The number of hydrogen-bond donors (Lipinski definition) is 1. The minimum atomic E-state index is -3.66. The van der Waals surface area contributed by atoms with E-state index in [1.807, 2.05) is 0 Å². The molecule has 148 valence electrons. The van der Waals surface area contributed by atoms with Crippen LogP contribution in [-0.2, 0) is 20.4 Å². The van der Waals surface area contributed by atoms with E-state index in [4.69, 9.17) is 4.42 Å². The Kier molecular flexibility index (Phi) is 5.79. The second-order valence-corrected chi connectivity index (χ2v) is 7.73. The zero-order chi connectivity index (χ0) is 20.9. The van der Waals surface area contributed by atoms with Crippen molar-refractivity contribution in [2.75, 3.05) is 5.32 Å². The molecule has 0 aliphatic rings. The van der Waals surface area contributed by atoms with Crippen molar-refractivity contribution in [3.8, 4) is 0 Å². The number of carbonyl (C=O) groups is 1. The molecule has 11 heteroatoms. The van der Waals surface area contributed by atoms with Gasteiger partial charge in [0.15, 0.2) is 9.84 Å². The van der Waals surface area contributed by atoms with Crippen LogP contribution in [0.5, 0.6) is 0 Å². The molecule has 2 aromatic carbocycles. The Hall–Kier alpha value is -3.86. The van der Waals surface area contributed by atoms with E-state index in [-0.39, 0.29) is 22.5 Å². The summed E-state index contributed by atoms with van der Waals surface area (Å²) < 4.78 is 29.7. The maximum Gasteiger partial charge on any atom is 0.322 e. The number of hydrogen-bond acceptors (Lipinski definition) is 8. The number of carbonyl (C=O) groups excluding carboxylic acids is 1. The Labute approximate surface area is 165 Å². The van der Waals surface area contributed by atoms with Crippen molar-refractivity contribution in [3.05, 3.63) is 82.2 Å². The molecule has 1 N–H and O–H groups in total. The number of benzene rings is 2. The van der Waals surface area contributed by atoms with Gasteiger partial charge in [-0.25, -0.2) is 8.42 Å². The quantitative estimate of drug-likeness (QED) is 0.353. The van der Waals surface area contributed by atoms with Gasteiger partial charge < -0.3 is 4.42 Å². The van der Waals surface area contributed by atoms with Gasteiger partial charge in [-0.1, -0.05) is 23.3 Å². The molecular formula is C18H14N4O6S. The lowest BCUT2D eigenvalue weighted by Gasteiger charge is -2.00. The molecule has 1 heterocycles.